The van der Waals surface area contributed by atoms with Crippen molar-refractivity contribution in [2.45, 2.75) is 37.8 Å². The molecule has 1 aliphatic heterocycles. The fraction of sp³-hybridized carbons (Fsp3) is 0.333. The number of anilines is 2. The second-order valence-corrected chi connectivity index (χ2v) is 8.64. The van der Waals surface area contributed by atoms with Gasteiger partial charge in [-0.2, -0.15) is 0 Å². The van der Waals surface area contributed by atoms with Crippen LogP contribution in [0.25, 0.3) is 0 Å². The Balaban J connectivity index is 1.40. The maximum atomic E-state index is 14.5. The summed E-state index contributed by atoms with van der Waals surface area (Å²) in [6.45, 7) is 5.39. The summed E-state index contributed by atoms with van der Waals surface area (Å²) < 4.78 is 17.7. The van der Waals surface area contributed by atoms with Gasteiger partial charge in [0.15, 0.2) is 0 Å². The highest BCUT2D eigenvalue weighted by molar-refractivity contribution is 8.00. The average Bonchev–Trinajstić information content (AvgIpc) is 3.41. The molecule has 5 nitrogen and oxygen atoms in total. The molecule has 2 aromatic heterocycles. The first-order valence-corrected chi connectivity index (χ1v) is 11.5. The SMILES string of the molecule is Cc1nc(NCc2c(F)cccc2CN2CCCC2)ccc1SNc1cscn1. The minimum absolute atomic E-state index is 0.162. The van der Waals surface area contributed by atoms with E-state index in [0.29, 0.717) is 6.54 Å². The van der Waals surface area contributed by atoms with Crippen LogP contribution in [-0.4, -0.2) is 28.0 Å². The average molecular weight is 430 g/mol. The minimum Gasteiger partial charge on any atom is -0.366 e. The van der Waals surface area contributed by atoms with Crippen LogP contribution in [0.2, 0.25) is 0 Å². The predicted molar refractivity (Wildman–Crippen MR) is 119 cm³/mol. The first kappa shape index (κ1) is 20.1. The number of aromatic nitrogens is 2. The Morgan fingerprint density at radius 1 is 1.17 bits per heavy atom. The summed E-state index contributed by atoms with van der Waals surface area (Å²) in [7, 11) is 0. The second kappa shape index (κ2) is 9.56. The van der Waals surface area contributed by atoms with Gasteiger partial charge in [-0.1, -0.05) is 12.1 Å². The zero-order valence-electron chi connectivity index (χ0n) is 16.3. The minimum atomic E-state index is -0.162. The molecule has 152 valence electrons. The van der Waals surface area contributed by atoms with Gasteiger partial charge >= 0.3 is 0 Å². The third-order valence-corrected chi connectivity index (χ3v) is 6.54. The maximum Gasteiger partial charge on any atom is 0.147 e. The molecule has 0 amide bonds. The van der Waals surface area contributed by atoms with Gasteiger partial charge in [-0.05, 0) is 68.6 Å². The highest BCUT2D eigenvalue weighted by Crippen LogP contribution is 2.25. The molecule has 0 atom stereocenters. The number of rotatable bonds is 8. The van der Waals surface area contributed by atoms with Crippen molar-refractivity contribution >= 4 is 34.9 Å². The number of likely N-dealkylation sites (tertiary alicyclic amines) is 1. The summed E-state index contributed by atoms with van der Waals surface area (Å²) in [4.78, 5) is 12.3. The molecule has 0 bridgehead atoms. The molecule has 1 aliphatic rings. The molecule has 0 saturated carbocycles. The van der Waals surface area contributed by atoms with Gasteiger partial charge in [0.1, 0.15) is 17.5 Å². The smallest absolute Gasteiger partial charge is 0.147 e. The first-order valence-electron chi connectivity index (χ1n) is 9.70. The third-order valence-electron chi connectivity index (χ3n) is 4.99. The highest BCUT2D eigenvalue weighted by Gasteiger charge is 2.16. The first-order chi connectivity index (χ1) is 14.2. The molecule has 8 heteroatoms. The Hall–Kier alpha value is -2.16. The van der Waals surface area contributed by atoms with Crippen LogP contribution in [-0.2, 0) is 13.1 Å². The number of hydrogen-bond donors (Lipinski definition) is 2. The molecule has 0 aliphatic carbocycles. The molecule has 0 spiro atoms. The zero-order chi connectivity index (χ0) is 20.1. The fourth-order valence-electron chi connectivity index (χ4n) is 3.43. The number of pyridine rings is 1. The van der Waals surface area contributed by atoms with Crippen molar-refractivity contribution in [3.8, 4) is 0 Å². The predicted octanol–water partition coefficient (Wildman–Crippen LogP) is 5.31. The van der Waals surface area contributed by atoms with Crippen LogP contribution in [0.1, 0.15) is 29.7 Å². The zero-order valence-corrected chi connectivity index (χ0v) is 18.0. The summed E-state index contributed by atoms with van der Waals surface area (Å²) in [6.07, 6.45) is 2.46. The fourth-order valence-corrected chi connectivity index (χ4v) is 4.65. The molecule has 1 aromatic carbocycles. The summed E-state index contributed by atoms with van der Waals surface area (Å²) in [5.74, 6) is 1.42. The van der Waals surface area contributed by atoms with Crippen molar-refractivity contribution < 1.29 is 4.39 Å². The molecule has 3 aromatic rings. The van der Waals surface area contributed by atoms with Gasteiger partial charge in [0.05, 0.1) is 11.2 Å². The van der Waals surface area contributed by atoms with Gasteiger partial charge in [-0.15, -0.1) is 11.3 Å². The van der Waals surface area contributed by atoms with Crippen molar-refractivity contribution in [1.29, 1.82) is 0 Å². The van der Waals surface area contributed by atoms with E-state index in [1.165, 1.54) is 30.9 Å². The van der Waals surface area contributed by atoms with Gasteiger partial charge < -0.3 is 10.0 Å². The van der Waals surface area contributed by atoms with Crippen LogP contribution in [0.5, 0.6) is 0 Å². The van der Waals surface area contributed by atoms with Crippen LogP contribution in [0.3, 0.4) is 0 Å². The lowest BCUT2D eigenvalue weighted by molar-refractivity contribution is 0.329. The molecular weight excluding hydrogens is 405 g/mol. The van der Waals surface area contributed by atoms with Crippen LogP contribution >= 0.6 is 23.3 Å². The van der Waals surface area contributed by atoms with Crippen molar-refractivity contribution in [1.82, 2.24) is 14.9 Å². The Morgan fingerprint density at radius 3 is 2.79 bits per heavy atom. The quantitative estimate of drug-likeness (QED) is 0.473. The van der Waals surface area contributed by atoms with E-state index in [2.05, 4.69) is 24.9 Å². The van der Waals surface area contributed by atoms with E-state index < -0.39 is 0 Å². The number of halogens is 1. The summed E-state index contributed by atoms with van der Waals surface area (Å²) in [6, 6.07) is 9.31. The molecule has 2 N–H and O–H groups in total. The van der Waals surface area contributed by atoms with Crippen molar-refractivity contribution in [2.24, 2.45) is 0 Å². The van der Waals surface area contributed by atoms with Gasteiger partial charge in [-0.25, -0.2) is 14.4 Å². The number of aryl methyl sites for hydroxylation is 1. The molecule has 4 rings (SSSR count). The van der Waals surface area contributed by atoms with Gasteiger partial charge in [-0.3, -0.25) is 4.90 Å². The van der Waals surface area contributed by atoms with Crippen molar-refractivity contribution in [2.75, 3.05) is 23.1 Å². The number of nitrogens with zero attached hydrogens (tertiary/aromatic N) is 3. The van der Waals surface area contributed by atoms with E-state index in [9.17, 15) is 4.39 Å². The Labute approximate surface area is 178 Å². The monoisotopic (exact) mass is 429 g/mol. The lowest BCUT2D eigenvalue weighted by atomic mass is 10.1. The van der Waals surface area contributed by atoms with E-state index in [1.807, 2.05) is 30.5 Å². The van der Waals surface area contributed by atoms with E-state index >= 15 is 0 Å². The molecule has 0 radical (unpaired) electrons. The maximum absolute atomic E-state index is 14.5. The van der Waals surface area contributed by atoms with Crippen LogP contribution in [0, 0.1) is 12.7 Å². The van der Waals surface area contributed by atoms with E-state index in [0.717, 1.165) is 53.0 Å². The topological polar surface area (TPSA) is 53.1 Å². The van der Waals surface area contributed by atoms with E-state index in [4.69, 9.17) is 0 Å². The van der Waals surface area contributed by atoms with Gasteiger partial charge in [0.25, 0.3) is 0 Å². The lowest BCUT2D eigenvalue weighted by Crippen LogP contribution is -2.20. The van der Waals surface area contributed by atoms with Crippen LogP contribution in [0.15, 0.2) is 46.1 Å². The van der Waals surface area contributed by atoms with E-state index in [-0.39, 0.29) is 5.82 Å². The summed E-state index contributed by atoms with van der Waals surface area (Å²) in [5, 5.41) is 5.25. The normalized spacial score (nSPS) is 14.3. The molecule has 1 fully saturated rings. The number of nitrogens with one attached hydrogen (secondary N) is 2. The Kier molecular flexibility index (Phi) is 6.63. The molecule has 29 heavy (non-hydrogen) atoms. The summed E-state index contributed by atoms with van der Waals surface area (Å²) >= 11 is 3.04. The molecule has 3 heterocycles. The number of hydrogen-bond acceptors (Lipinski definition) is 7. The molecule has 0 unspecified atom stereocenters. The molecular formula is C21H24FN5S2. The standard InChI is InChI=1S/C21H24FN5S2/c1-15-19(29-26-21-13-28-14-24-21)7-8-20(25-15)23-11-17-16(5-4-6-18(17)22)12-27-9-2-3-10-27/h4-8,13-14,26H,2-3,9-12H2,1H3,(H,23,25). The Morgan fingerprint density at radius 2 is 2.03 bits per heavy atom. The van der Waals surface area contributed by atoms with E-state index in [1.54, 1.807) is 22.9 Å². The lowest BCUT2D eigenvalue weighted by Gasteiger charge is -2.18. The Bertz CT molecular complexity index is 942. The number of benzene rings is 1. The largest absolute Gasteiger partial charge is 0.366 e. The highest BCUT2D eigenvalue weighted by atomic mass is 32.2. The van der Waals surface area contributed by atoms with Crippen molar-refractivity contribution in [3.05, 3.63) is 63.9 Å². The summed E-state index contributed by atoms with van der Waals surface area (Å²) in [5.41, 5.74) is 4.48. The van der Waals surface area contributed by atoms with Crippen LogP contribution < -0.4 is 10.0 Å². The van der Waals surface area contributed by atoms with Crippen molar-refractivity contribution in [3.63, 3.8) is 0 Å². The van der Waals surface area contributed by atoms with Gasteiger partial charge in [0.2, 0.25) is 0 Å². The molecule has 1 saturated heterocycles. The number of thiazole rings is 1. The third kappa shape index (κ3) is 5.26. The van der Waals surface area contributed by atoms with Crippen LogP contribution in [0.4, 0.5) is 16.0 Å². The second-order valence-electron chi connectivity index (χ2n) is 7.07. The van der Waals surface area contributed by atoms with Gasteiger partial charge in [0, 0.05) is 28.9 Å².